The number of amides is 4. The van der Waals surface area contributed by atoms with Gasteiger partial charge < -0.3 is 55.4 Å². The lowest BCUT2D eigenvalue weighted by molar-refractivity contribution is -0.148. The van der Waals surface area contributed by atoms with E-state index >= 15 is 0 Å². The Kier molecular flexibility index (Phi) is 42.2. The van der Waals surface area contributed by atoms with E-state index in [0.717, 1.165) is 53.7 Å². The Bertz CT molecular complexity index is 2530. The summed E-state index contributed by atoms with van der Waals surface area (Å²) in [4.78, 5) is 105. The zero-order valence-electron chi connectivity index (χ0n) is 53.8. The van der Waals surface area contributed by atoms with Gasteiger partial charge >= 0.3 is 5.97 Å². The molecule has 0 aliphatic carbocycles. The first-order chi connectivity index (χ1) is 41.2. The molecule has 0 spiro atoms. The van der Waals surface area contributed by atoms with Gasteiger partial charge in [0, 0.05) is 78.1 Å². The summed E-state index contributed by atoms with van der Waals surface area (Å²) in [5.74, 6) is -2.40. The second-order valence-electron chi connectivity index (χ2n) is 22.8. The van der Waals surface area contributed by atoms with E-state index in [1.54, 1.807) is 48.7 Å². The van der Waals surface area contributed by atoms with Crippen molar-refractivity contribution in [1.29, 1.82) is 0 Å². The molecule has 3 rings (SSSR count). The summed E-state index contributed by atoms with van der Waals surface area (Å²) in [5, 5.41) is 12.9. The molecule has 0 saturated heterocycles. The minimum Gasteiger partial charge on any atom is -0.461 e. The second-order valence-corrected chi connectivity index (χ2v) is 23.9. The van der Waals surface area contributed by atoms with E-state index in [1.165, 1.54) is 0 Å². The maximum atomic E-state index is 13.0. The minimum absolute atomic E-state index is 0.00121. The Hall–Kier alpha value is -5.14. The number of rotatable bonds is 42. The molecular formula is C64H101Br2N7O14. The molecule has 0 saturated carbocycles. The third-order valence-corrected chi connectivity index (χ3v) is 14.1. The van der Waals surface area contributed by atoms with Crippen molar-refractivity contribution in [3.05, 3.63) is 65.0 Å². The molecule has 1 heterocycles. The van der Waals surface area contributed by atoms with Crippen LogP contribution in [0.1, 0.15) is 155 Å². The normalized spacial score (nSPS) is 12.6. The smallest absolute Gasteiger partial charge is 0.308 e. The number of methoxy groups -OCH3 is 1. The van der Waals surface area contributed by atoms with E-state index in [-0.39, 0.29) is 90.3 Å². The number of halogens is 2. The fraction of sp³-hybridized carbons (Fsp3) is 0.656. The third kappa shape index (κ3) is 35.6. The lowest BCUT2D eigenvalue weighted by Crippen LogP contribution is -2.47. The second kappa shape index (κ2) is 46.0. The molecule has 2 aromatic carbocycles. The zero-order chi connectivity index (χ0) is 65.4. The first-order valence-electron chi connectivity index (χ1n) is 30.2. The van der Waals surface area contributed by atoms with Crippen LogP contribution in [0, 0.1) is 35.5 Å². The summed E-state index contributed by atoms with van der Waals surface area (Å²) in [6, 6.07) is 11.7. The monoisotopic (exact) mass is 1350 g/mol. The molecule has 1 aromatic heterocycles. The molecule has 0 bridgehead atoms. The summed E-state index contributed by atoms with van der Waals surface area (Å²) < 4.78 is 31.8. The first-order valence-corrected chi connectivity index (χ1v) is 32.5. The number of carbonyl (C=O) groups is 8. The molecule has 490 valence electrons. The predicted molar refractivity (Wildman–Crippen MR) is 345 cm³/mol. The van der Waals surface area contributed by atoms with Crippen molar-refractivity contribution >= 4 is 95.5 Å². The van der Waals surface area contributed by atoms with Gasteiger partial charge in [-0.1, -0.05) is 127 Å². The Morgan fingerprint density at radius 3 is 1.70 bits per heavy atom. The van der Waals surface area contributed by atoms with Gasteiger partial charge in [0.15, 0.2) is 11.6 Å². The van der Waals surface area contributed by atoms with E-state index in [9.17, 15) is 38.4 Å². The molecular weight excluding hydrogens is 1250 g/mol. The summed E-state index contributed by atoms with van der Waals surface area (Å²) in [5.41, 5.74) is 10.8. The molecule has 6 N–H and O–H groups in total. The third-order valence-electron chi connectivity index (χ3n) is 13.1. The Morgan fingerprint density at radius 2 is 1.20 bits per heavy atom. The summed E-state index contributed by atoms with van der Waals surface area (Å²) in [6.07, 6.45) is 3.29. The molecule has 0 aliphatic heterocycles. The number of carbonyl (C=O) groups excluding carboxylic acids is 8. The molecule has 21 nitrogen and oxygen atoms in total. The van der Waals surface area contributed by atoms with E-state index in [0.29, 0.717) is 100 Å². The molecule has 0 unspecified atom stereocenters. The number of nitrogens with two attached hydrogens (primary N) is 1. The van der Waals surface area contributed by atoms with Crippen LogP contribution in [0.25, 0.3) is 11.0 Å². The van der Waals surface area contributed by atoms with Crippen molar-refractivity contribution in [3.8, 4) is 0 Å². The zero-order valence-corrected chi connectivity index (χ0v) is 57.0. The molecule has 0 aliphatic rings. The summed E-state index contributed by atoms with van der Waals surface area (Å²) >= 11 is 6.83. The SMILES string of the molecule is CC(C)C(=O)c1ccc2nc(CBr)c(CBr)nc2c1.CC(C)N[C@@H](C)C(=O)C[C@@H](C)C(=O)N[C@@H](CC(N)=O)C(=O)C(C)C.COCCOCCOCCOCCOCCC(=O)NCCCC[C@H](CC(C)C)C(=O)Nc1ccc(COC(=O)C(C)C)cc1. The number of esters is 1. The number of benzene rings is 2. The number of ketones is 3. The van der Waals surface area contributed by atoms with Crippen LogP contribution in [0.5, 0.6) is 0 Å². The number of hydrogen-bond acceptors (Lipinski definition) is 17. The van der Waals surface area contributed by atoms with Gasteiger partial charge in [0.2, 0.25) is 23.6 Å². The van der Waals surface area contributed by atoms with E-state index in [1.807, 2.05) is 70.2 Å². The minimum atomic E-state index is -0.946. The number of nitrogens with one attached hydrogen (secondary N) is 4. The lowest BCUT2D eigenvalue weighted by Gasteiger charge is -2.21. The molecule has 23 heteroatoms. The highest BCUT2D eigenvalue weighted by atomic mass is 79.9. The van der Waals surface area contributed by atoms with Crippen LogP contribution >= 0.6 is 31.9 Å². The number of nitrogens with zero attached hydrogens (tertiary/aromatic N) is 2. The van der Waals surface area contributed by atoms with Gasteiger partial charge in [-0.05, 0) is 68.0 Å². The van der Waals surface area contributed by atoms with Crippen molar-refractivity contribution in [2.24, 2.45) is 41.2 Å². The predicted octanol–water partition coefficient (Wildman–Crippen LogP) is 9.19. The van der Waals surface area contributed by atoms with Crippen LogP contribution in [0.15, 0.2) is 42.5 Å². The van der Waals surface area contributed by atoms with Gasteiger partial charge in [-0.25, -0.2) is 9.97 Å². The standard InChI is InChI=1S/C33H56N2O9.C17H31N3O4.C14H14Br2N2O/c1-26(2)24-29(32(37)35-30-11-9-28(10-12-30)25-44-33(38)27(3)4)8-6-7-14-34-31(36)13-15-40-18-19-42-22-23-43-21-20-41-17-16-39-5;1-9(2)16(23)13(8-15(18)22)20-17(24)11(5)7-14(21)12(6)19-10(3)4;1-8(2)14(19)9-3-4-10-11(5-9)18-13(7-16)12(6-15)17-10/h9-12,26-27,29H,6-8,13-25H2,1-5H3,(H,34,36)(H,35,37);9-13,19H,7-8H2,1-6H3,(H2,18,22)(H,20,24);3-5,8H,6-7H2,1-2H3/t29-;11-,12+,13+;/m11./s1. The molecule has 3 aromatic rings. The summed E-state index contributed by atoms with van der Waals surface area (Å²) in [6.45, 7) is 27.4. The van der Waals surface area contributed by atoms with Crippen molar-refractivity contribution in [2.45, 2.75) is 163 Å². The van der Waals surface area contributed by atoms with E-state index in [4.69, 9.17) is 34.2 Å². The number of anilines is 1. The highest BCUT2D eigenvalue weighted by Gasteiger charge is 2.29. The average Bonchev–Trinajstić information content (AvgIpc) is 3.46. The number of fused-ring (bicyclic) bond motifs is 1. The van der Waals surface area contributed by atoms with Gasteiger partial charge in [0.25, 0.3) is 0 Å². The first kappa shape index (κ1) is 79.9. The van der Waals surface area contributed by atoms with Gasteiger partial charge in [-0.15, -0.1) is 0 Å². The van der Waals surface area contributed by atoms with Gasteiger partial charge in [0.05, 0.1) is 106 Å². The maximum Gasteiger partial charge on any atom is 0.308 e. The molecule has 0 radical (unpaired) electrons. The Labute approximate surface area is 533 Å². The van der Waals surface area contributed by atoms with Crippen LogP contribution in [-0.4, -0.2) is 148 Å². The van der Waals surface area contributed by atoms with Gasteiger partial charge in [0.1, 0.15) is 12.4 Å². The van der Waals surface area contributed by atoms with Crippen LogP contribution in [0.3, 0.4) is 0 Å². The number of alkyl halides is 2. The van der Waals surface area contributed by atoms with Crippen molar-refractivity contribution in [2.75, 3.05) is 78.4 Å². The number of unbranched alkanes of at least 4 members (excludes halogenated alkanes) is 1. The summed E-state index contributed by atoms with van der Waals surface area (Å²) in [7, 11) is 1.63. The van der Waals surface area contributed by atoms with Crippen LogP contribution in [-0.2, 0) is 79.2 Å². The quantitative estimate of drug-likeness (QED) is 0.0153. The van der Waals surface area contributed by atoms with Crippen molar-refractivity contribution < 1.29 is 66.8 Å². The van der Waals surface area contributed by atoms with E-state index in [2.05, 4.69) is 76.9 Å². The molecule has 4 amide bonds. The number of primary amides is 1. The number of aromatic nitrogens is 2. The maximum absolute atomic E-state index is 13.0. The van der Waals surface area contributed by atoms with Crippen LogP contribution in [0.2, 0.25) is 0 Å². The Morgan fingerprint density at radius 1 is 0.632 bits per heavy atom. The fourth-order valence-electron chi connectivity index (χ4n) is 8.21. The molecule has 4 atom stereocenters. The number of ether oxygens (including phenoxy) is 6. The average molecular weight is 1350 g/mol. The van der Waals surface area contributed by atoms with Gasteiger partial charge in [-0.3, -0.25) is 38.4 Å². The Balaban J connectivity index is 0.000000732. The van der Waals surface area contributed by atoms with Crippen molar-refractivity contribution in [1.82, 2.24) is 25.9 Å². The van der Waals surface area contributed by atoms with Crippen LogP contribution < -0.4 is 27.0 Å². The number of Topliss-reactive ketones (excluding diaryl/α,β-unsaturated/α-hetero) is 3. The lowest BCUT2D eigenvalue weighted by atomic mass is 9.91. The van der Waals surface area contributed by atoms with Crippen LogP contribution in [0.4, 0.5) is 5.69 Å². The molecule has 0 fully saturated rings. The highest BCUT2D eigenvalue weighted by molar-refractivity contribution is 9.09. The number of hydrogen-bond donors (Lipinski definition) is 5. The van der Waals surface area contributed by atoms with Crippen molar-refractivity contribution in [3.63, 3.8) is 0 Å². The van der Waals surface area contributed by atoms with Gasteiger partial charge in [-0.2, -0.15) is 0 Å². The largest absolute Gasteiger partial charge is 0.461 e. The topological polar surface area (TPSA) is 292 Å². The fourth-order valence-corrected chi connectivity index (χ4v) is 9.11. The van der Waals surface area contributed by atoms with E-state index < -0.39 is 23.8 Å². The highest BCUT2D eigenvalue weighted by Crippen LogP contribution is 2.23. The molecule has 87 heavy (non-hydrogen) atoms.